The molecule has 1 N–H and O–H groups in total. The van der Waals surface area contributed by atoms with Gasteiger partial charge in [-0.25, -0.2) is 4.98 Å². The van der Waals surface area contributed by atoms with Gasteiger partial charge >= 0.3 is 6.18 Å². The first-order valence-electron chi connectivity index (χ1n) is 6.24. The lowest BCUT2D eigenvalue weighted by Crippen LogP contribution is -2.23. The van der Waals surface area contributed by atoms with Crippen LogP contribution in [0.15, 0.2) is 12.1 Å². The first-order valence-corrected chi connectivity index (χ1v) is 6.24. The van der Waals surface area contributed by atoms with E-state index in [1.165, 1.54) is 6.07 Å². The van der Waals surface area contributed by atoms with Gasteiger partial charge < -0.3 is 10.1 Å². The Labute approximate surface area is 115 Å². The van der Waals surface area contributed by atoms with Gasteiger partial charge in [-0.3, -0.25) is 4.79 Å². The summed E-state index contributed by atoms with van der Waals surface area (Å²) in [5, 5.41) is 2.58. The lowest BCUT2D eigenvalue weighted by atomic mass is 10.2. The number of pyridine rings is 1. The third-order valence-corrected chi connectivity index (χ3v) is 2.37. The molecule has 0 bridgehead atoms. The van der Waals surface area contributed by atoms with Gasteiger partial charge in [-0.1, -0.05) is 6.92 Å². The highest BCUT2D eigenvalue weighted by atomic mass is 19.4. The Morgan fingerprint density at radius 2 is 2.05 bits per heavy atom. The molecule has 1 aromatic heterocycles. The van der Waals surface area contributed by atoms with E-state index in [1.807, 2.05) is 0 Å². The molecule has 1 rings (SSSR count). The van der Waals surface area contributed by atoms with Crippen LogP contribution in [0.3, 0.4) is 0 Å². The molecule has 4 nitrogen and oxygen atoms in total. The molecule has 0 aliphatic heterocycles. The summed E-state index contributed by atoms with van der Waals surface area (Å²) >= 11 is 0. The van der Waals surface area contributed by atoms with Crippen molar-refractivity contribution in [3.63, 3.8) is 0 Å². The predicted molar refractivity (Wildman–Crippen MR) is 67.1 cm³/mol. The number of alkyl halides is 3. The van der Waals surface area contributed by atoms with Gasteiger partial charge in [-0.2, -0.15) is 13.2 Å². The normalized spacial score (nSPS) is 11.6. The summed E-state index contributed by atoms with van der Waals surface area (Å²) in [6.07, 6.45) is -4.54. The minimum Gasteiger partial charge on any atom is -0.475 e. The molecule has 1 amide bonds. The maximum atomic E-state index is 12.6. The second-order valence-corrected chi connectivity index (χ2v) is 4.46. The number of aromatic nitrogens is 1. The van der Waals surface area contributed by atoms with Crippen molar-refractivity contribution in [2.24, 2.45) is 0 Å². The number of hydrogen-bond acceptors (Lipinski definition) is 3. The van der Waals surface area contributed by atoms with Crippen LogP contribution in [0, 0.1) is 0 Å². The molecule has 0 spiro atoms. The second-order valence-electron chi connectivity index (χ2n) is 4.46. The fourth-order valence-electron chi connectivity index (χ4n) is 1.41. The molecule has 1 heterocycles. The number of amides is 1. The number of carbonyl (C=O) groups is 1. The first kappa shape index (κ1) is 16.3. The summed E-state index contributed by atoms with van der Waals surface area (Å²) in [5.41, 5.74) is -0.604. The predicted octanol–water partition coefficient (Wildman–Crippen LogP) is 2.91. The maximum Gasteiger partial charge on any atom is 0.433 e. The summed E-state index contributed by atoms with van der Waals surface area (Å²) in [4.78, 5) is 14.7. The SMILES string of the molecule is CCC(=O)NCc1ccc(C(F)(F)F)nc1OC(C)C. The minimum absolute atomic E-state index is 0.0832. The van der Waals surface area contributed by atoms with Crippen LogP contribution in [0.25, 0.3) is 0 Å². The van der Waals surface area contributed by atoms with Crippen molar-refractivity contribution < 1.29 is 22.7 Å². The van der Waals surface area contributed by atoms with Gasteiger partial charge in [-0.05, 0) is 26.0 Å². The third-order valence-electron chi connectivity index (χ3n) is 2.37. The van der Waals surface area contributed by atoms with E-state index in [9.17, 15) is 18.0 Å². The van der Waals surface area contributed by atoms with Gasteiger partial charge in [0.1, 0.15) is 5.69 Å². The lowest BCUT2D eigenvalue weighted by molar-refractivity contribution is -0.141. The number of ether oxygens (including phenoxy) is 1. The third kappa shape index (κ3) is 4.71. The van der Waals surface area contributed by atoms with E-state index in [2.05, 4.69) is 10.3 Å². The van der Waals surface area contributed by atoms with E-state index in [0.717, 1.165) is 6.07 Å². The van der Waals surface area contributed by atoms with Crippen LogP contribution in [0.4, 0.5) is 13.2 Å². The Morgan fingerprint density at radius 3 is 2.55 bits per heavy atom. The Hall–Kier alpha value is -1.79. The molecule has 0 aromatic carbocycles. The highest BCUT2D eigenvalue weighted by molar-refractivity contribution is 5.75. The number of hydrogen-bond donors (Lipinski definition) is 1. The molecule has 112 valence electrons. The van der Waals surface area contributed by atoms with Gasteiger partial charge in [0, 0.05) is 18.5 Å². The summed E-state index contributed by atoms with van der Waals surface area (Å²) in [5.74, 6) is -0.299. The van der Waals surface area contributed by atoms with Crippen LogP contribution in [-0.2, 0) is 17.5 Å². The van der Waals surface area contributed by atoms with Gasteiger partial charge in [0.05, 0.1) is 6.10 Å². The first-order chi connectivity index (χ1) is 9.24. The van der Waals surface area contributed by atoms with Crippen LogP contribution in [-0.4, -0.2) is 17.0 Å². The minimum atomic E-state index is -4.53. The van der Waals surface area contributed by atoms with Crippen molar-refractivity contribution in [1.29, 1.82) is 0 Å². The molecule has 0 saturated carbocycles. The highest BCUT2D eigenvalue weighted by Crippen LogP contribution is 2.30. The molecular formula is C13H17F3N2O2. The van der Waals surface area contributed by atoms with Crippen molar-refractivity contribution >= 4 is 5.91 Å². The molecule has 0 atom stereocenters. The van der Waals surface area contributed by atoms with Crippen molar-refractivity contribution in [3.8, 4) is 5.88 Å². The molecule has 0 unspecified atom stereocenters. The smallest absolute Gasteiger partial charge is 0.433 e. The van der Waals surface area contributed by atoms with Crippen LogP contribution in [0.2, 0.25) is 0 Å². The topological polar surface area (TPSA) is 51.2 Å². The Kier molecular flexibility index (Phi) is 5.35. The number of nitrogens with zero attached hydrogens (tertiary/aromatic N) is 1. The van der Waals surface area contributed by atoms with E-state index >= 15 is 0 Å². The molecule has 0 radical (unpaired) electrons. The average molecular weight is 290 g/mol. The zero-order valence-corrected chi connectivity index (χ0v) is 11.5. The molecule has 20 heavy (non-hydrogen) atoms. The Balaban J connectivity index is 3.00. The summed E-state index contributed by atoms with van der Waals surface area (Å²) in [7, 11) is 0. The quantitative estimate of drug-likeness (QED) is 0.907. The summed E-state index contributed by atoms with van der Waals surface area (Å²) in [6.45, 7) is 5.15. The van der Waals surface area contributed by atoms with Crippen molar-refractivity contribution in [3.05, 3.63) is 23.4 Å². The van der Waals surface area contributed by atoms with Gasteiger partial charge in [0.15, 0.2) is 0 Å². The Bertz CT molecular complexity index is 473. The maximum absolute atomic E-state index is 12.6. The Morgan fingerprint density at radius 1 is 1.40 bits per heavy atom. The van der Waals surface area contributed by atoms with Gasteiger partial charge in [0.2, 0.25) is 11.8 Å². The van der Waals surface area contributed by atoms with E-state index in [0.29, 0.717) is 12.0 Å². The second kappa shape index (κ2) is 6.58. The van der Waals surface area contributed by atoms with Crippen LogP contribution in [0.5, 0.6) is 5.88 Å². The number of halogens is 3. The van der Waals surface area contributed by atoms with Crippen molar-refractivity contribution in [2.75, 3.05) is 0 Å². The van der Waals surface area contributed by atoms with Crippen molar-refractivity contribution in [2.45, 2.75) is 46.0 Å². The average Bonchev–Trinajstić information content (AvgIpc) is 2.34. The summed E-state index contributed by atoms with van der Waals surface area (Å²) < 4.78 is 43.1. The number of nitrogens with one attached hydrogen (secondary N) is 1. The van der Waals surface area contributed by atoms with E-state index < -0.39 is 11.9 Å². The van der Waals surface area contributed by atoms with Crippen LogP contribution >= 0.6 is 0 Å². The monoisotopic (exact) mass is 290 g/mol. The molecule has 7 heteroatoms. The fraction of sp³-hybridized carbons (Fsp3) is 0.538. The largest absolute Gasteiger partial charge is 0.475 e. The standard InChI is InChI=1S/C13H17F3N2O2/c1-4-11(19)17-7-9-5-6-10(13(14,15)16)18-12(9)20-8(2)3/h5-6,8H,4,7H2,1-3H3,(H,17,19). The van der Waals surface area contributed by atoms with Crippen LogP contribution in [0.1, 0.15) is 38.4 Å². The van der Waals surface area contributed by atoms with Crippen molar-refractivity contribution in [1.82, 2.24) is 10.3 Å². The van der Waals surface area contributed by atoms with Gasteiger partial charge in [0.25, 0.3) is 0 Å². The molecule has 0 saturated heterocycles. The van der Waals surface area contributed by atoms with E-state index in [4.69, 9.17) is 4.74 Å². The fourth-order valence-corrected chi connectivity index (χ4v) is 1.41. The molecule has 0 aliphatic rings. The number of rotatable bonds is 5. The van der Waals surface area contributed by atoms with E-state index in [-0.39, 0.29) is 24.4 Å². The zero-order valence-electron chi connectivity index (χ0n) is 11.5. The van der Waals surface area contributed by atoms with Crippen LogP contribution < -0.4 is 10.1 Å². The van der Waals surface area contributed by atoms with Gasteiger partial charge in [-0.15, -0.1) is 0 Å². The molecular weight excluding hydrogens is 273 g/mol. The summed E-state index contributed by atoms with van der Waals surface area (Å²) in [6, 6.07) is 2.14. The molecule has 0 aliphatic carbocycles. The zero-order chi connectivity index (χ0) is 15.3. The molecule has 1 aromatic rings. The molecule has 0 fully saturated rings. The number of carbonyl (C=O) groups excluding carboxylic acids is 1. The highest BCUT2D eigenvalue weighted by Gasteiger charge is 2.33. The lowest BCUT2D eigenvalue weighted by Gasteiger charge is -2.15. The van der Waals surface area contributed by atoms with E-state index in [1.54, 1.807) is 20.8 Å².